The highest BCUT2D eigenvalue weighted by Crippen LogP contribution is 2.29. The molecular weight excluding hydrogens is 322 g/mol. The Balaban J connectivity index is 1.40. The number of nitrogens with one attached hydrogen (secondary N) is 1. The molecule has 0 spiro atoms. The van der Waals surface area contributed by atoms with E-state index in [1.54, 1.807) is 0 Å². The Kier molecular flexibility index (Phi) is 4.25. The molecule has 2 aromatic rings. The molecule has 4 rings (SSSR count). The van der Waals surface area contributed by atoms with Crippen molar-refractivity contribution in [1.82, 2.24) is 25.2 Å². The van der Waals surface area contributed by atoms with Gasteiger partial charge in [-0.25, -0.2) is 0 Å². The minimum atomic E-state index is -0.317. The minimum absolute atomic E-state index is 0.179. The first kappa shape index (κ1) is 15.9. The van der Waals surface area contributed by atoms with Crippen LogP contribution in [0.4, 0.5) is 0 Å². The van der Waals surface area contributed by atoms with Crippen LogP contribution in [0.2, 0.25) is 0 Å². The average Bonchev–Trinajstić information content (AvgIpc) is 3.17. The maximum Gasteiger partial charge on any atom is 0.290 e. The van der Waals surface area contributed by atoms with E-state index in [9.17, 15) is 9.59 Å². The van der Waals surface area contributed by atoms with Gasteiger partial charge in [-0.1, -0.05) is 11.6 Å². The molecule has 1 saturated carbocycles. The summed E-state index contributed by atoms with van der Waals surface area (Å²) >= 11 is 0. The first-order valence-corrected chi connectivity index (χ1v) is 8.74. The van der Waals surface area contributed by atoms with Gasteiger partial charge >= 0.3 is 0 Å². The summed E-state index contributed by atoms with van der Waals surface area (Å²) in [5.74, 6) is 0.358. The van der Waals surface area contributed by atoms with Gasteiger partial charge in [-0.2, -0.15) is 5.10 Å². The zero-order chi connectivity index (χ0) is 17.2. The molecule has 1 fully saturated rings. The normalized spacial score (nSPS) is 17.5. The third-order valence-corrected chi connectivity index (χ3v) is 4.92. The van der Waals surface area contributed by atoms with Gasteiger partial charge in [0.05, 0.1) is 30.7 Å². The number of aromatic nitrogens is 3. The van der Waals surface area contributed by atoms with Gasteiger partial charge in [0.2, 0.25) is 11.7 Å². The van der Waals surface area contributed by atoms with Gasteiger partial charge < -0.3 is 14.7 Å². The van der Waals surface area contributed by atoms with Crippen LogP contribution in [0.25, 0.3) is 0 Å². The fraction of sp³-hybridized carbons (Fsp3) is 0.529. The number of carbonyl (C=O) groups is 2. The van der Waals surface area contributed by atoms with Crippen molar-refractivity contribution < 1.29 is 14.1 Å². The van der Waals surface area contributed by atoms with E-state index in [1.807, 2.05) is 15.6 Å². The Labute approximate surface area is 145 Å². The van der Waals surface area contributed by atoms with Crippen molar-refractivity contribution in [2.24, 2.45) is 5.92 Å². The van der Waals surface area contributed by atoms with E-state index < -0.39 is 0 Å². The van der Waals surface area contributed by atoms with Crippen LogP contribution in [0, 0.1) is 5.92 Å². The predicted molar refractivity (Wildman–Crippen MR) is 87.3 cm³/mol. The molecule has 8 heteroatoms. The highest BCUT2D eigenvalue weighted by Gasteiger charge is 2.30. The van der Waals surface area contributed by atoms with Crippen LogP contribution in [-0.4, -0.2) is 38.2 Å². The molecule has 0 saturated heterocycles. The van der Waals surface area contributed by atoms with Crippen molar-refractivity contribution in [3.05, 3.63) is 35.5 Å². The Morgan fingerprint density at radius 2 is 2.16 bits per heavy atom. The summed E-state index contributed by atoms with van der Waals surface area (Å²) in [5.41, 5.74) is 1.80. The van der Waals surface area contributed by atoms with Crippen LogP contribution in [-0.2, 0) is 24.4 Å². The lowest BCUT2D eigenvalue weighted by atomic mass is 9.84. The maximum atomic E-state index is 12.5. The Morgan fingerprint density at radius 3 is 2.88 bits per heavy atom. The molecule has 0 bridgehead atoms. The smallest absolute Gasteiger partial charge is 0.290 e. The standard InChI is InChI=1S/C17H21N5O3/c23-16(15-5-6-19-25-15)18-10-13-9-14-11-21(7-2-8-22(14)20-13)17(24)12-3-1-4-12/h5-6,9,12H,1-4,7-8,10-11H2,(H,18,23). The zero-order valence-corrected chi connectivity index (χ0v) is 14.0. The van der Waals surface area contributed by atoms with Gasteiger partial charge in [0, 0.05) is 25.1 Å². The van der Waals surface area contributed by atoms with Gasteiger partial charge in [-0.3, -0.25) is 14.3 Å². The topological polar surface area (TPSA) is 93.3 Å². The van der Waals surface area contributed by atoms with Gasteiger partial charge in [0.1, 0.15) is 0 Å². The molecule has 0 radical (unpaired) electrons. The lowest BCUT2D eigenvalue weighted by Gasteiger charge is -2.30. The summed E-state index contributed by atoms with van der Waals surface area (Å²) in [6.45, 7) is 2.49. The van der Waals surface area contributed by atoms with E-state index in [0.29, 0.717) is 13.1 Å². The van der Waals surface area contributed by atoms with Gasteiger partial charge in [0.25, 0.3) is 5.91 Å². The molecule has 132 valence electrons. The SMILES string of the molecule is O=C(NCc1cc2n(n1)CCCN(C(=O)C1CCC1)C2)c1ccno1. The zero-order valence-electron chi connectivity index (χ0n) is 14.0. The van der Waals surface area contributed by atoms with Crippen LogP contribution < -0.4 is 5.32 Å². The number of hydrogen-bond acceptors (Lipinski definition) is 5. The van der Waals surface area contributed by atoms with E-state index >= 15 is 0 Å². The number of fused-ring (bicyclic) bond motifs is 1. The summed E-state index contributed by atoms with van der Waals surface area (Å²) in [6, 6.07) is 3.48. The quantitative estimate of drug-likeness (QED) is 0.904. The summed E-state index contributed by atoms with van der Waals surface area (Å²) in [7, 11) is 0. The number of hydrogen-bond donors (Lipinski definition) is 1. The van der Waals surface area contributed by atoms with Crippen LogP contribution in [0.3, 0.4) is 0 Å². The molecule has 3 heterocycles. The van der Waals surface area contributed by atoms with Crippen molar-refractivity contribution >= 4 is 11.8 Å². The molecule has 25 heavy (non-hydrogen) atoms. The third-order valence-electron chi connectivity index (χ3n) is 4.92. The summed E-state index contributed by atoms with van der Waals surface area (Å²) in [4.78, 5) is 26.4. The summed E-state index contributed by atoms with van der Waals surface area (Å²) in [6.07, 6.45) is 5.54. The molecule has 1 aliphatic carbocycles. The Morgan fingerprint density at radius 1 is 1.28 bits per heavy atom. The van der Waals surface area contributed by atoms with E-state index in [0.717, 1.165) is 50.2 Å². The fourth-order valence-electron chi connectivity index (χ4n) is 3.30. The van der Waals surface area contributed by atoms with Gasteiger partial charge in [-0.05, 0) is 25.3 Å². The van der Waals surface area contributed by atoms with E-state index in [-0.39, 0.29) is 23.5 Å². The summed E-state index contributed by atoms with van der Waals surface area (Å²) < 4.78 is 6.78. The molecule has 8 nitrogen and oxygen atoms in total. The second-order valence-electron chi connectivity index (χ2n) is 6.65. The largest absolute Gasteiger partial charge is 0.351 e. The molecule has 2 aromatic heterocycles. The lowest BCUT2D eigenvalue weighted by Crippen LogP contribution is -2.38. The molecular formula is C17H21N5O3. The van der Waals surface area contributed by atoms with E-state index in [2.05, 4.69) is 15.6 Å². The maximum absolute atomic E-state index is 12.5. The van der Waals surface area contributed by atoms with Gasteiger partial charge in [-0.15, -0.1) is 0 Å². The number of rotatable bonds is 4. The first-order valence-electron chi connectivity index (χ1n) is 8.74. The number of carbonyl (C=O) groups excluding carboxylic acids is 2. The van der Waals surface area contributed by atoms with Crippen molar-refractivity contribution in [2.45, 2.75) is 45.3 Å². The molecule has 0 atom stereocenters. The fourth-order valence-corrected chi connectivity index (χ4v) is 3.30. The highest BCUT2D eigenvalue weighted by atomic mass is 16.5. The number of amides is 2. The molecule has 0 unspecified atom stereocenters. The van der Waals surface area contributed by atoms with Crippen molar-refractivity contribution in [3.63, 3.8) is 0 Å². The minimum Gasteiger partial charge on any atom is -0.351 e. The van der Waals surface area contributed by atoms with E-state index in [4.69, 9.17) is 4.52 Å². The van der Waals surface area contributed by atoms with E-state index in [1.165, 1.54) is 12.3 Å². The van der Waals surface area contributed by atoms with Crippen LogP contribution in [0.1, 0.15) is 47.6 Å². The van der Waals surface area contributed by atoms with Crippen LogP contribution in [0.15, 0.2) is 22.9 Å². The number of aryl methyl sites for hydroxylation is 1. The van der Waals surface area contributed by atoms with Crippen molar-refractivity contribution in [2.75, 3.05) is 6.54 Å². The van der Waals surface area contributed by atoms with Crippen LogP contribution >= 0.6 is 0 Å². The average molecular weight is 343 g/mol. The molecule has 2 amide bonds. The second-order valence-corrected chi connectivity index (χ2v) is 6.65. The second kappa shape index (κ2) is 6.70. The molecule has 1 N–H and O–H groups in total. The Hall–Kier alpha value is -2.64. The van der Waals surface area contributed by atoms with Crippen LogP contribution in [0.5, 0.6) is 0 Å². The Bertz CT molecular complexity index is 763. The van der Waals surface area contributed by atoms with Crippen molar-refractivity contribution in [3.8, 4) is 0 Å². The highest BCUT2D eigenvalue weighted by molar-refractivity contribution is 5.91. The predicted octanol–water partition coefficient (Wildman–Crippen LogP) is 1.33. The first-order chi connectivity index (χ1) is 12.2. The molecule has 0 aromatic carbocycles. The number of nitrogens with zero attached hydrogens (tertiary/aromatic N) is 4. The lowest BCUT2D eigenvalue weighted by molar-refractivity contribution is -0.138. The molecule has 1 aliphatic heterocycles. The van der Waals surface area contributed by atoms with Gasteiger partial charge in [0.15, 0.2) is 0 Å². The molecule has 2 aliphatic rings. The monoisotopic (exact) mass is 343 g/mol. The van der Waals surface area contributed by atoms with Crippen molar-refractivity contribution in [1.29, 1.82) is 0 Å². The summed E-state index contributed by atoms with van der Waals surface area (Å²) in [5, 5.41) is 10.8. The third kappa shape index (κ3) is 3.29.